The van der Waals surface area contributed by atoms with Crippen LogP contribution in [-0.4, -0.2) is 35.3 Å². The number of carbonyl (C=O) groups excluding carboxylic acids is 1. The Morgan fingerprint density at radius 1 is 1.13 bits per heavy atom. The van der Waals surface area contributed by atoms with E-state index >= 15 is 0 Å². The number of aliphatic carboxylic acids is 1. The van der Waals surface area contributed by atoms with Gasteiger partial charge in [-0.1, -0.05) is 45.0 Å². The molecule has 0 aliphatic heterocycles. The fraction of sp³-hybridized carbons (Fsp3) is 0.529. The van der Waals surface area contributed by atoms with Crippen molar-refractivity contribution in [2.45, 2.75) is 45.1 Å². The van der Waals surface area contributed by atoms with Gasteiger partial charge in [0, 0.05) is 19.5 Å². The highest BCUT2D eigenvalue weighted by molar-refractivity contribution is 5.74. The summed E-state index contributed by atoms with van der Waals surface area (Å²) in [5.74, 6) is -0.888. The summed E-state index contributed by atoms with van der Waals surface area (Å²) < 4.78 is 0. The van der Waals surface area contributed by atoms with E-state index in [9.17, 15) is 14.7 Å². The number of aliphatic hydroxyl groups excluding tert-OH is 1. The fourth-order valence-electron chi connectivity index (χ4n) is 2.02. The SMILES string of the molecule is CC(C)(C)c1ccc(C(O)CNC(=O)NCCCC(=O)O)cc1. The van der Waals surface area contributed by atoms with Gasteiger partial charge in [-0.05, 0) is 23.0 Å². The first-order chi connectivity index (χ1) is 10.7. The van der Waals surface area contributed by atoms with Gasteiger partial charge in [0.05, 0.1) is 6.10 Å². The predicted octanol–water partition coefficient (Wildman–Crippen LogP) is 2.18. The number of aliphatic hydroxyl groups is 1. The maximum atomic E-state index is 11.5. The second-order valence-corrected chi connectivity index (χ2v) is 6.52. The molecular formula is C17H26N2O4. The molecule has 0 aliphatic rings. The van der Waals surface area contributed by atoms with Crippen molar-refractivity contribution in [2.24, 2.45) is 0 Å². The predicted molar refractivity (Wildman–Crippen MR) is 88.4 cm³/mol. The minimum absolute atomic E-state index is 0.0169. The molecule has 0 heterocycles. The Hall–Kier alpha value is -2.08. The molecule has 0 fully saturated rings. The van der Waals surface area contributed by atoms with Gasteiger partial charge in [0.1, 0.15) is 0 Å². The topological polar surface area (TPSA) is 98.7 Å². The van der Waals surface area contributed by atoms with Gasteiger partial charge >= 0.3 is 12.0 Å². The molecule has 6 heteroatoms. The summed E-state index contributed by atoms with van der Waals surface area (Å²) in [5, 5.41) is 23.7. The third kappa shape index (κ3) is 7.15. The highest BCUT2D eigenvalue weighted by atomic mass is 16.4. The highest BCUT2D eigenvalue weighted by Gasteiger charge is 2.15. The average molecular weight is 322 g/mol. The smallest absolute Gasteiger partial charge is 0.314 e. The molecule has 1 unspecified atom stereocenters. The number of amides is 2. The summed E-state index contributed by atoms with van der Waals surface area (Å²) in [6, 6.07) is 7.26. The molecule has 1 atom stereocenters. The Labute approximate surface area is 136 Å². The molecule has 0 spiro atoms. The Morgan fingerprint density at radius 2 is 1.74 bits per heavy atom. The molecule has 0 saturated carbocycles. The third-order valence-electron chi connectivity index (χ3n) is 3.47. The summed E-state index contributed by atoms with van der Waals surface area (Å²) in [6.45, 7) is 6.74. The number of rotatable bonds is 7. The van der Waals surface area contributed by atoms with Gasteiger partial charge < -0.3 is 20.8 Å². The Morgan fingerprint density at radius 3 is 2.26 bits per heavy atom. The molecule has 0 radical (unpaired) electrons. The summed E-state index contributed by atoms with van der Waals surface area (Å²) in [5.41, 5.74) is 1.97. The lowest BCUT2D eigenvalue weighted by Gasteiger charge is -2.20. The Kier molecular flexibility index (Phi) is 7.03. The van der Waals surface area contributed by atoms with Gasteiger partial charge in [-0.15, -0.1) is 0 Å². The van der Waals surface area contributed by atoms with Crippen LogP contribution in [0.3, 0.4) is 0 Å². The van der Waals surface area contributed by atoms with E-state index in [1.807, 2.05) is 24.3 Å². The van der Waals surface area contributed by atoms with Gasteiger partial charge in [-0.3, -0.25) is 4.79 Å². The van der Waals surface area contributed by atoms with Crippen molar-refractivity contribution >= 4 is 12.0 Å². The van der Waals surface area contributed by atoms with Crippen LogP contribution in [0.15, 0.2) is 24.3 Å². The van der Waals surface area contributed by atoms with Crippen LogP contribution < -0.4 is 10.6 Å². The Balaban J connectivity index is 2.37. The number of urea groups is 1. The van der Waals surface area contributed by atoms with E-state index in [2.05, 4.69) is 31.4 Å². The minimum Gasteiger partial charge on any atom is -0.481 e. The van der Waals surface area contributed by atoms with Gasteiger partial charge in [0.15, 0.2) is 0 Å². The first-order valence-corrected chi connectivity index (χ1v) is 7.72. The van der Waals surface area contributed by atoms with Crippen molar-refractivity contribution in [3.63, 3.8) is 0 Å². The van der Waals surface area contributed by atoms with Gasteiger partial charge in [-0.25, -0.2) is 4.79 Å². The Bertz CT molecular complexity index is 520. The zero-order valence-corrected chi connectivity index (χ0v) is 13.9. The summed E-state index contributed by atoms with van der Waals surface area (Å²) in [4.78, 5) is 21.9. The molecule has 0 bridgehead atoms. The molecule has 1 rings (SSSR count). The van der Waals surface area contributed by atoms with E-state index in [1.165, 1.54) is 5.56 Å². The van der Waals surface area contributed by atoms with Crippen molar-refractivity contribution in [3.8, 4) is 0 Å². The van der Waals surface area contributed by atoms with Gasteiger partial charge in [0.2, 0.25) is 0 Å². The van der Waals surface area contributed by atoms with Crippen LogP contribution >= 0.6 is 0 Å². The number of hydrogen-bond donors (Lipinski definition) is 4. The van der Waals surface area contributed by atoms with E-state index in [4.69, 9.17) is 5.11 Å². The number of carbonyl (C=O) groups is 2. The van der Waals surface area contributed by atoms with Crippen molar-refractivity contribution in [3.05, 3.63) is 35.4 Å². The largest absolute Gasteiger partial charge is 0.481 e. The summed E-state index contributed by atoms with van der Waals surface area (Å²) >= 11 is 0. The van der Waals surface area contributed by atoms with Crippen LogP contribution in [0.1, 0.15) is 50.8 Å². The second-order valence-electron chi connectivity index (χ2n) is 6.52. The van der Waals surface area contributed by atoms with Crippen LogP contribution in [0.2, 0.25) is 0 Å². The standard InChI is InChI=1S/C17H26N2O4/c1-17(2,3)13-8-6-12(7-9-13)14(20)11-19-16(23)18-10-4-5-15(21)22/h6-9,14,20H,4-5,10-11H2,1-3H3,(H,21,22)(H2,18,19,23). The average Bonchev–Trinajstić information content (AvgIpc) is 2.48. The van der Waals surface area contributed by atoms with Crippen molar-refractivity contribution in [1.29, 1.82) is 0 Å². The first-order valence-electron chi connectivity index (χ1n) is 7.72. The van der Waals surface area contributed by atoms with Gasteiger partial charge in [0.25, 0.3) is 0 Å². The molecular weight excluding hydrogens is 296 g/mol. The molecule has 128 valence electrons. The van der Waals surface area contributed by atoms with Crippen LogP contribution in [0.25, 0.3) is 0 Å². The molecule has 0 aromatic heterocycles. The number of hydrogen-bond acceptors (Lipinski definition) is 3. The maximum absolute atomic E-state index is 11.5. The molecule has 6 nitrogen and oxygen atoms in total. The van der Waals surface area contributed by atoms with E-state index < -0.39 is 18.1 Å². The van der Waals surface area contributed by atoms with Crippen LogP contribution in [0.4, 0.5) is 4.79 Å². The lowest BCUT2D eigenvalue weighted by molar-refractivity contribution is -0.137. The zero-order valence-electron chi connectivity index (χ0n) is 13.9. The van der Waals surface area contributed by atoms with E-state index in [0.29, 0.717) is 6.42 Å². The van der Waals surface area contributed by atoms with Crippen LogP contribution in [0, 0.1) is 0 Å². The third-order valence-corrected chi connectivity index (χ3v) is 3.47. The maximum Gasteiger partial charge on any atom is 0.314 e. The normalized spacial score (nSPS) is 12.5. The molecule has 1 aromatic carbocycles. The van der Waals surface area contributed by atoms with Crippen molar-refractivity contribution < 1.29 is 19.8 Å². The molecule has 0 aliphatic carbocycles. The molecule has 4 N–H and O–H groups in total. The zero-order chi connectivity index (χ0) is 17.5. The molecule has 23 heavy (non-hydrogen) atoms. The van der Waals surface area contributed by atoms with E-state index in [-0.39, 0.29) is 24.9 Å². The van der Waals surface area contributed by atoms with Gasteiger partial charge in [-0.2, -0.15) is 0 Å². The lowest BCUT2D eigenvalue weighted by Crippen LogP contribution is -2.38. The molecule has 0 saturated heterocycles. The quantitative estimate of drug-likeness (QED) is 0.578. The number of nitrogens with one attached hydrogen (secondary N) is 2. The van der Waals surface area contributed by atoms with Crippen LogP contribution in [0.5, 0.6) is 0 Å². The van der Waals surface area contributed by atoms with Crippen LogP contribution in [-0.2, 0) is 10.2 Å². The van der Waals surface area contributed by atoms with Crippen molar-refractivity contribution in [2.75, 3.05) is 13.1 Å². The summed E-state index contributed by atoms with van der Waals surface area (Å²) in [6.07, 6.45) is -0.392. The number of benzene rings is 1. The molecule has 1 aromatic rings. The van der Waals surface area contributed by atoms with E-state index in [0.717, 1.165) is 5.56 Å². The second kappa shape index (κ2) is 8.53. The highest BCUT2D eigenvalue weighted by Crippen LogP contribution is 2.23. The minimum atomic E-state index is -0.888. The first kappa shape index (κ1) is 19.0. The molecule has 2 amide bonds. The van der Waals surface area contributed by atoms with E-state index in [1.54, 1.807) is 0 Å². The summed E-state index contributed by atoms with van der Waals surface area (Å²) in [7, 11) is 0. The number of carboxylic acid groups (broad SMARTS) is 1. The lowest BCUT2D eigenvalue weighted by atomic mass is 9.86. The number of carboxylic acids is 1. The fourth-order valence-corrected chi connectivity index (χ4v) is 2.02. The monoisotopic (exact) mass is 322 g/mol. The van der Waals surface area contributed by atoms with Crippen molar-refractivity contribution in [1.82, 2.24) is 10.6 Å².